The van der Waals surface area contributed by atoms with Gasteiger partial charge in [-0.2, -0.15) is 0 Å². The summed E-state index contributed by atoms with van der Waals surface area (Å²) in [7, 11) is 0. The minimum Gasteiger partial charge on any atom is -0.494 e. The Morgan fingerprint density at radius 3 is 2.62 bits per heavy atom. The van der Waals surface area contributed by atoms with Gasteiger partial charge in [0, 0.05) is 12.1 Å². The van der Waals surface area contributed by atoms with E-state index in [4.69, 9.17) is 4.74 Å². The van der Waals surface area contributed by atoms with Gasteiger partial charge in [-0.15, -0.1) is 0 Å². The number of carboxylic acid groups (broad SMARTS) is 1. The van der Waals surface area contributed by atoms with Crippen molar-refractivity contribution in [2.75, 3.05) is 19.7 Å². The van der Waals surface area contributed by atoms with Gasteiger partial charge in [0.2, 0.25) is 0 Å². The van der Waals surface area contributed by atoms with E-state index in [-0.39, 0.29) is 12.0 Å². The summed E-state index contributed by atoms with van der Waals surface area (Å²) in [5.41, 5.74) is 2.29. The molecule has 4 nitrogen and oxygen atoms in total. The smallest absolute Gasteiger partial charge is 0.307 e. The molecule has 1 aliphatic heterocycles. The standard InChI is InChI=1S/C25H27NO3/c1-2-29-23-15-6-5-13-22(23)24(26-16-8-11-19(17-26)25(27)28)21-14-7-10-18-9-3-4-12-20(18)21/h3-7,9-10,12-15,19,24H,2,8,11,16-17H2,1H3,(H,27,28). The number of piperidine rings is 1. The van der Waals surface area contributed by atoms with Crippen LogP contribution in [0.1, 0.15) is 36.9 Å². The van der Waals surface area contributed by atoms with Crippen LogP contribution in [0.2, 0.25) is 0 Å². The monoisotopic (exact) mass is 389 g/mol. The number of carbonyl (C=O) groups is 1. The average Bonchev–Trinajstić information content (AvgIpc) is 2.76. The number of fused-ring (bicyclic) bond motifs is 1. The number of aliphatic carboxylic acids is 1. The second kappa shape index (κ2) is 8.66. The lowest BCUT2D eigenvalue weighted by molar-refractivity contribution is -0.143. The molecule has 1 N–H and O–H groups in total. The van der Waals surface area contributed by atoms with Crippen molar-refractivity contribution in [3.8, 4) is 5.75 Å². The van der Waals surface area contributed by atoms with Crippen molar-refractivity contribution in [3.63, 3.8) is 0 Å². The SMILES string of the molecule is CCOc1ccccc1C(c1cccc2ccccc12)N1CCCC(C(=O)O)C1. The lowest BCUT2D eigenvalue weighted by Crippen LogP contribution is -2.41. The van der Waals surface area contributed by atoms with E-state index >= 15 is 0 Å². The van der Waals surface area contributed by atoms with E-state index in [2.05, 4.69) is 53.4 Å². The Kier molecular flexibility index (Phi) is 5.81. The molecule has 0 amide bonds. The number of carboxylic acids is 1. The van der Waals surface area contributed by atoms with Gasteiger partial charge in [0.05, 0.1) is 18.6 Å². The van der Waals surface area contributed by atoms with Crippen molar-refractivity contribution in [3.05, 3.63) is 77.9 Å². The van der Waals surface area contributed by atoms with E-state index in [1.54, 1.807) is 0 Å². The van der Waals surface area contributed by atoms with Crippen molar-refractivity contribution >= 4 is 16.7 Å². The summed E-state index contributed by atoms with van der Waals surface area (Å²) in [6.45, 7) is 4.00. The van der Waals surface area contributed by atoms with Gasteiger partial charge in [0.1, 0.15) is 5.75 Å². The molecule has 150 valence electrons. The molecule has 1 aliphatic rings. The summed E-state index contributed by atoms with van der Waals surface area (Å²) in [6.07, 6.45) is 1.62. The zero-order chi connectivity index (χ0) is 20.2. The Morgan fingerprint density at radius 1 is 1.07 bits per heavy atom. The van der Waals surface area contributed by atoms with Crippen LogP contribution in [0.15, 0.2) is 66.7 Å². The zero-order valence-electron chi connectivity index (χ0n) is 16.8. The van der Waals surface area contributed by atoms with Crippen LogP contribution in [0.3, 0.4) is 0 Å². The Balaban J connectivity index is 1.87. The molecule has 4 heteroatoms. The Bertz CT molecular complexity index is 995. The van der Waals surface area contributed by atoms with Crippen molar-refractivity contribution < 1.29 is 14.6 Å². The molecule has 0 saturated carbocycles. The molecule has 0 bridgehead atoms. The molecule has 1 fully saturated rings. The molecule has 0 radical (unpaired) electrons. The molecule has 2 atom stereocenters. The third-order valence-electron chi connectivity index (χ3n) is 5.80. The lowest BCUT2D eigenvalue weighted by Gasteiger charge is -2.38. The zero-order valence-corrected chi connectivity index (χ0v) is 16.8. The molecule has 1 saturated heterocycles. The average molecular weight is 389 g/mol. The summed E-state index contributed by atoms with van der Waals surface area (Å²) in [4.78, 5) is 14.0. The second-order valence-electron chi connectivity index (χ2n) is 7.61. The predicted octanol–water partition coefficient (Wildman–Crippen LogP) is 5.12. The molecule has 4 rings (SSSR count). The highest BCUT2D eigenvalue weighted by Gasteiger charge is 2.33. The summed E-state index contributed by atoms with van der Waals surface area (Å²) < 4.78 is 5.97. The molecule has 3 aromatic rings. The number of para-hydroxylation sites is 1. The number of likely N-dealkylation sites (tertiary alicyclic amines) is 1. The molecule has 1 heterocycles. The number of benzene rings is 3. The molecular formula is C25H27NO3. The maximum atomic E-state index is 11.7. The minimum atomic E-state index is -0.704. The molecule has 0 spiro atoms. The first kappa shape index (κ1) is 19.5. The highest BCUT2D eigenvalue weighted by Crippen LogP contribution is 2.39. The summed E-state index contributed by atoms with van der Waals surface area (Å²) >= 11 is 0. The number of nitrogens with zero attached hydrogens (tertiary/aromatic N) is 1. The quantitative estimate of drug-likeness (QED) is 0.635. The van der Waals surface area contributed by atoms with E-state index in [9.17, 15) is 9.90 Å². The first-order valence-electron chi connectivity index (χ1n) is 10.3. The van der Waals surface area contributed by atoms with Gasteiger partial charge in [-0.1, -0.05) is 60.7 Å². The van der Waals surface area contributed by atoms with Crippen molar-refractivity contribution in [2.24, 2.45) is 5.92 Å². The number of hydrogen-bond donors (Lipinski definition) is 1. The highest BCUT2D eigenvalue weighted by molar-refractivity contribution is 5.86. The molecule has 3 aromatic carbocycles. The van der Waals surface area contributed by atoms with Crippen LogP contribution in [-0.4, -0.2) is 35.7 Å². The molecular weight excluding hydrogens is 362 g/mol. The number of rotatable bonds is 6. The number of hydrogen-bond acceptors (Lipinski definition) is 3. The van der Waals surface area contributed by atoms with Crippen LogP contribution in [0.25, 0.3) is 10.8 Å². The van der Waals surface area contributed by atoms with E-state index < -0.39 is 5.97 Å². The van der Waals surface area contributed by atoms with Crippen molar-refractivity contribution in [1.29, 1.82) is 0 Å². The fraction of sp³-hybridized carbons (Fsp3) is 0.320. The minimum absolute atomic E-state index is 0.0500. The first-order chi connectivity index (χ1) is 14.2. The fourth-order valence-electron chi connectivity index (χ4n) is 4.49. The maximum Gasteiger partial charge on any atom is 0.307 e. The first-order valence-corrected chi connectivity index (χ1v) is 10.3. The van der Waals surface area contributed by atoms with E-state index in [0.717, 1.165) is 30.7 Å². The number of ether oxygens (including phenoxy) is 1. The van der Waals surface area contributed by atoms with E-state index in [1.165, 1.54) is 16.3 Å². The Morgan fingerprint density at radius 2 is 1.79 bits per heavy atom. The fourth-order valence-corrected chi connectivity index (χ4v) is 4.49. The largest absolute Gasteiger partial charge is 0.494 e. The van der Waals surface area contributed by atoms with Gasteiger partial charge in [-0.25, -0.2) is 0 Å². The molecule has 0 aromatic heterocycles. The van der Waals surface area contributed by atoms with Gasteiger partial charge in [0.15, 0.2) is 0 Å². The van der Waals surface area contributed by atoms with Crippen molar-refractivity contribution in [2.45, 2.75) is 25.8 Å². The second-order valence-corrected chi connectivity index (χ2v) is 7.61. The molecule has 2 unspecified atom stereocenters. The summed E-state index contributed by atoms with van der Waals surface area (Å²) in [5, 5.41) is 12.0. The topological polar surface area (TPSA) is 49.8 Å². The van der Waals surface area contributed by atoms with E-state index in [0.29, 0.717) is 13.2 Å². The van der Waals surface area contributed by atoms with Gasteiger partial charge < -0.3 is 9.84 Å². The molecule has 0 aliphatic carbocycles. The molecule has 29 heavy (non-hydrogen) atoms. The summed E-state index contributed by atoms with van der Waals surface area (Å²) in [5.74, 6) is -0.171. The van der Waals surface area contributed by atoms with Crippen LogP contribution in [0.5, 0.6) is 5.75 Å². The van der Waals surface area contributed by atoms with Crippen LogP contribution in [0, 0.1) is 5.92 Å². The van der Waals surface area contributed by atoms with Gasteiger partial charge in [-0.05, 0) is 48.7 Å². The maximum absolute atomic E-state index is 11.7. The van der Waals surface area contributed by atoms with Gasteiger partial charge in [0.25, 0.3) is 0 Å². The van der Waals surface area contributed by atoms with Gasteiger partial charge >= 0.3 is 5.97 Å². The van der Waals surface area contributed by atoms with E-state index in [1.807, 2.05) is 25.1 Å². The van der Waals surface area contributed by atoms with Crippen LogP contribution in [0.4, 0.5) is 0 Å². The van der Waals surface area contributed by atoms with Gasteiger partial charge in [-0.3, -0.25) is 9.69 Å². The van der Waals surface area contributed by atoms with Crippen LogP contribution < -0.4 is 4.74 Å². The summed E-state index contributed by atoms with van der Waals surface area (Å²) in [6, 6.07) is 22.9. The Labute approximate surface area is 171 Å². The predicted molar refractivity (Wildman–Crippen MR) is 115 cm³/mol. The third-order valence-corrected chi connectivity index (χ3v) is 5.80. The third kappa shape index (κ3) is 3.99. The van der Waals surface area contributed by atoms with Crippen molar-refractivity contribution in [1.82, 2.24) is 4.90 Å². The normalized spacial score (nSPS) is 18.4. The Hall–Kier alpha value is -2.85. The van der Waals surface area contributed by atoms with Crippen LogP contribution >= 0.6 is 0 Å². The highest BCUT2D eigenvalue weighted by atomic mass is 16.5. The lowest BCUT2D eigenvalue weighted by atomic mass is 9.88. The van der Waals surface area contributed by atoms with Crippen LogP contribution in [-0.2, 0) is 4.79 Å².